The molecular formula is C14H9N5O. The highest BCUT2D eigenvalue weighted by Gasteiger charge is 2.11. The van der Waals surface area contributed by atoms with Crippen molar-refractivity contribution < 1.29 is 4.79 Å². The van der Waals surface area contributed by atoms with Crippen molar-refractivity contribution in [2.24, 2.45) is 5.73 Å². The maximum absolute atomic E-state index is 11.4. The molecule has 0 aliphatic heterocycles. The molecule has 0 saturated carbocycles. The maximum atomic E-state index is 11.4. The third kappa shape index (κ3) is 1.87. The lowest BCUT2D eigenvalue weighted by atomic mass is 10.1. The second-order valence-corrected chi connectivity index (χ2v) is 4.21. The lowest BCUT2D eigenvalue weighted by molar-refractivity contribution is 0.100. The van der Waals surface area contributed by atoms with Crippen molar-refractivity contribution in [3.8, 4) is 17.3 Å². The zero-order valence-electron chi connectivity index (χ0n) is 10.3. The molecule has 6 nitrogen and oxygen atoms in total. The number of nitrogens with zero attached hydrogens (tertiary/aromatic N) is 4. The third-order valence-electron chi connectivity index (χ3n) is 2.97. The van der Waals surface area contributed by atoms with Crippen molar-refractivity contribution in [2.75, 3.05) is 0 Å². The lowest BCUT2D eigenvalue weighted by Gasteiger charge is -2.06. The van der Waals surface area contributed by atoms with Gasteiger partial charge < -0.3 is 5.73 Å². The van der Waals surface area contributed by atoms with Gasteiger partial charge in [0.2, 0.25) is 5.91 Å². The van der Waals surface area contributed by atoms with Crippen molar-refractivity contribution in [1.82, 2.24) is 14.6 Å². The monoisotopic (exact) mass is 263 g/mol. The molecule has 1 amide bonds. The first-order valence-electron chi connectivity index (χ1n) is 5.83. The number of hydrogen-bond acceptors (Lipinski definition) is 4. The van der Waals surface area contributed by atoms with Gasteiger partial charge in [0, 0.05) is 11.1 Å². The molecular weight excluding hydrogens is 254 g/mol. The summed E-state index contributed by atoms with van der Waals surface area (Å²) in [7, 11) is 0. The number of primary amides is 1. The van der Waals surface area contributed by atoms with Gasteiger partial charge in [-0.05, 0) is 24.3 Å². The van der Waals surface area contributed by atoms with Crippen molar-refractivity contribution in [2.45, 2.75) is 0 Å². The number of hydrogen-bond donors (Lipinski definition) is 1. The van der Waals surface area contributed by atoms with Gasteiger partial charge >= 0.3 is 0 Å². The summed E-state index contributed by atoms with van der Waals surface area (Å²) in [5, 5.41) is 12.9. The van der Waals surface area contributed by atoms with Crippen molar-refractivity contribution >= 4 is 11.6 Å². The first-order valence-corrected chi connectivity index (χ1v) is 5.83. The molecule has 1 aromatic carbocycles. The molecule has 0 aliphatic carbocycles. The Morgan fingerprint density at radius 1 is 1.25 bits per heavy atom. The van der Waals surface area contributed by atoms with Crippen LogP contribution in [0.25, 0.3) is 16.9 Å². The van der Waals surface area contributed by atoms with E-state index in [0.717, 1.165) is 5.56 Å². The van der Waals surface area contributed by atoms with Gasteiger partial charge in [-0.3, -0.25) is 4.79 Å². The summed E-state index contributed by atoms with van der Waals surface area (Å²) in [4.78, 5) is 15.4. The average molecular weight is 263 g/mol. The molecule has 0 unspecified atom stereocenters. The zero-order valence-corrected chi connectivity index (χ0v) is 10.3. The molecule has 0 bridgehead atoms. The number of fused-ring (bicyclic) bond motifs is 1. The molecule has 3 aromatic rings. The molecule has 2 N–H and O–H groups in total. The third-order valence-corrected chi connectivity index (χ3v) is 2.97. The number of amides is 1. The molecule has 96 valence electrons. The van der Waals surface area contributed by atoms with Crippen LogP contribution in [0.3, 0.4) is 0 Å². The number of nitrogens with two attached hydrogens (primary N) is 1. The summed E-state index contributed by atoms with van der Waals surface area (Å²) in [5.74, 6) is -0.523. The van der Waals surface area contributed by atoms with E-state index >= 15 is 0 Å². The molecule has 2 heterocycles. The van der Waals surface area contributed by atoms with Crippen LogP contribution in [-0.2, 0) is 0 Å². The normalized spacial score (nSPS) is 10.3. The van der Waals surface area contributed by atoms with Gasteiger partial charge in [-0.15, -0.1) is 0 Å². The Labute approximate surface area is 114 Å². The second-order valence-electron chi connectivity index (χ2n) is 4.21. The fourth-order valence-electron chi connectivity index (χ4n) is 1.99. The van der Waals surface area contributed by atoms with Crippen LogP contribution in [0.4, 0.5) is 0 Å². The zero-order chi connectivity index (χ0) is 14.1. The highest BCUT2D eigenvalue weighted by atomic mass is 16.1. The summed E-state index contributed by atoms with van der Waals surface area (Å²) in [6.07, 6.45) is 1.41. The molecule has 6 heteroatoms. The van der Waals surface area contributed by atoms with E-state index in [2.05, 4.69) is 16.2 Å². The number of carbonyl (C=O) groups excluding carboxylic acids is 1. The summed E-state index contributed by atoms with van der Waals surface area (Å²) in [5.41, 5.74) is 8.31. The van der Waals surface area contributed by atoms with Crippen LogP contribution in [0.1, 0.15) is 15.9 Å². The van der Waals surface area contributed by atoms with E-state index in [9.17, 15) is 4.79 Å². The summed E-state index contributed by atoms with van der Waals surface area (Å²) >= 11 is 0. The quantitative estimate of drug-likeness (QED) is 0.754. The topological polar surface area (TPSA) is 97.1 Å². The Morgan fingerprint density at radius 2 is 2.00 bits per heavy atom. The van der Waals surface area contributed by atoms with Gasteiger partial charge in [0.25, 0.3) is 0 Å². The Bertz CT molecular complexity index is 842. The predicted octanol–water partition coefficient (Wildman–Crippen LogP) is 1.37. The Hall–Kier alpha value is -3.20. The highest BCUT2D eigenvalue weighted by Crippen LogP contribution is 2.22. The molecule has 0 atom stereocenters. The highest BCUT2D eigenvalue weighted by molar-refractivity contribution is 5.95. The van der Waals surface area contributed by atoms with Crippen LogP contribution in [0.15, 0.2) is 42.7 Å². The number of pyridine rings is 1. The van der Waals surface area contributed by atoms with Crippen LogP contribution in [0.2, 0.25) is 0 Å². The molecule has 0 aliphatic rings. The Morgan fingerprint density at radius 3 is 2.65 bits per heavy atom. The second kappa shape index (κ2) is 4.48. The number of rotatable bonds is 2. The first-order chi connectivity index (χ1) is 9.69. The van der Waals surface area contributed by atoms with Crippen LogP contribution in [0.5, 0.6) is 0 Å². The largest absolute Gasteiger partial charge is 0.366 e. The van der Waals surface area contributed by atoms with Crippen LogP contribution in [0, 0.1) is 11.3 Å². The summed E-state index contributed by atoms with van der Waals surface area (Å²) in [6, 6.07) is 12.3. The Balaban J connectivity index is 2.25. The summed E-state index contributed by atoms with van der Waals surface area (Å²) in [6.45, 7) is 0. The standard InChI is InChI=1S/C14H9N5O/c15-7-9-1-3-10(4-2-9)12-5-11(14(16)20)6-13-17-8-18-19(12)13/h1-6,8H,(H2,16,20). The molecule has 0 radical (unpaired) electrons. The first kappa shape index (κ1) is 11.9. The predicted molar refractivity (Wildman–Crippen MR) is 71.7 cm³/mol. The van der Waals surface area contributed by atoms with E-state index in [-0.39, 0.29) is 0 Å². The van der Waals surface area contributed by atoms with E-state index in [4.69, 9.17) is 11.0 Å². The smallest absolute Gasteiger partial charge is 0.248 e. The van der Waals surface area contributed by atoms with Crippen molar-refractivity contribution in [3.63, 3.8) is 0 Å². The average Bonchev–Trinajstić information content (AvgIpc) is 2.94. The number of benzene rings is 1. The van der Waals surface area contributed by atoms with E-state index in [0.29, 0.717) is 22.5 Å². The minimum absolute atomic E-state index is 0.366. The van der Waals surface area contributed by atoms with Crippen molar-refractivity contribution in [1.29, 1.82) is 5.26 Å². The van der Waals surface area contributed by atoms with Gasteiger partial charge in [0.05, 0.1) is 17.3 Å². The van der Waals surface area contributed by atoms with Gasteiger partial charge in [-0.25, -0.2) is 9.50 Å². The molecule has 3 rings (SSSR count). The van der Waals surface area contributed by atoms with Crippen molar-refractivity contribution in [3.05, 3.63) is 53.9 Å². The molecule has 0 fully saturated rings. The summed E-state index contributed by atoms with van der Waals surface area (Å²) < 4.78 is 1.62. The minimum Gasteiger partial charge on any atom is -0.366 e. The van der Waals surface area contributed by atoms with Gasteiger partial charge in [-0.2, -0.15) is 10.4 Å². The fourth-order valence-corrected chi connectivity index (χ4v) is 1.99. The molecule has 0 saturated heterocycles. The lowest BCUT2D eigenvalue weighted by Crippen LogP contribution is -2.12. The van der Waals surface area contributed by atoms with Crippen LogP contribution < -0.4 is 5.73 Å². The maximum Gasteiger partial charge on any atom is 0.248 e. The van der Waals surface area contributed by atoms with E-state index in [1.807, 2.05) is 0 Å². The Kier molecular flexibility index (Phi) is 2.66. The molecule has 0 spiro atoms. The van der Waals surface area contributed by atoms with Gasteiger partial charge in [0.1, 0.15) is 6.33 Å². The number of aromatic nitrogens is 3. The molecule has 20 heavy (non-hydrogen) atoms. The SMILES string of the molecule is N#Cc1ccc(-c2cc(C(N)=O)cc3ncnn23)cc1. The molecule has 2 aromatic heterocycles. The van der Waals surface area contributed by atoms with E-state index in [1.54, 1.807) is 40.9 Å². The van der Waals surface area contributed by atoms with Crippen LogP contribution in [-0.4, -0.2) is 20.5 Å². The number of nitriles is 1. The number of carbonyl (C=O) groups is 1. The van der Waals surface area contributed by atoms with Gasteiger partial charge in [-0.1, -0.05) is 12.1 Å². The van der Waals surface area contributed by atoms with Gasteiger partial charge in [0.15, 0.2) is 5.65 Å². The fraction of sp³-hybridized carbons (Fsp3) is 0. The van der Waals surface area contributed by atoms with E-state index in [1.165, 1.54) is 6.33 Å². The minimum atomic E-state index is -0.523. The van der Waals surface area contributed by atoms with E-state index < -0.39 is 5.91 Å². The van der Waals surface area contributed by atoms with Crippen LogP contribution >= 0.6 is 0 Å².